The van der Waals surface area contributed by atoms with Gasteiger partial charge in [-0.15, -0.1) is 0 Å². The Morgan fingerprint density at radius 2 is 1.69 bits per heavy atom. The van der Waals surface area contributed by atoms with Crippen LogP contribution in [0.4, 0.5) is 5.69 Å². The van der Waals surface area contributed by atoms with E-state index in [1.54, 1.807) is 7.11 Å². The van der Waals surface area contributed by atoms with Gasteiger partial charge in [-0.05, 0) is 35.7 Å². The number of hydrogen-bond acceptors (Lipinski definition) is 5. The second-order valence-electron chi connectivity index (χ2n) is 8.70. The molecule has 1 aliphatic heterocycles. The normalized spacial score (nSPS) is 16.5. The number of β-amino-alcohol motifs (C(OH)–C–C–N with tert-alkyl or cyclic N) is 1. The fraction of sp³-hybridized carbons (Fsp3) is 0.500. The van der Waals surface area contributed by atoms with E-state index >= 15 is 0 Å². The average Bonchev–Trinajstić information content (AvgIpc) is 2.72. The van der Waals surface area contributed by atoms with Crippen molar-refractivity contribution in [3.63, 3.8) is 0 Å². The Bertz CT molecular complexity index is 765. The van der Waals surface area contributed by atoms with Crippen LogP contribution in [-0.2, 0) is 5.41 Å². The molecule has 158 valence electrons. The molecule has 5 nitrogen and oxygen atoms in total. The molecule has 2 aromatic carbocycles. The number of para-hydroxylation sites is 1. The molecule has 29 heavy (non-hydrogen) atoms. The summed E-state index contributed by atoms with van der Waals surface area (Å²) in [6.07, 6.45) is -0.520. The number of ether oxygens (including phenoxy) is 2. The van der Waals surface area contributed by atoms with E-state index in [9.17, 15) is 5.11 Å². The average molecular weight is 399 g/mol. The maximum atomic E-state index is 10.5. The fourth-order valence-corrected chi connectivity index (χ4v) is 3.71. The van der Waals surface area contributed by atoms with Crippen molar-refractivity contribution < 1.29 is 14.6 Å². The van der Waals surface area contributed by atoms with Crippen molar-refractivity contribution in [2.75, 3.05) is 51.3 Å². The van der Waals surface area contributed by atoms with E-state index < -0.39 is 6.10 Å². The summed E-state index contributed by atoms with van der Waals surface area (Å²) in [6.45, 7) is 11.2. The van der Waals surface area contributed by atoms with Crippen LogP contribution in [0.1, 0.15) is 26.3 Å². The third kappa shape index (κ3) is 5.87. The van der Waals surface area contributed by atoms with E-state index in [4.69, 9.17) is 9.47 Å². The zero-order valence-corrected chi connectivity index (χ0v) is 18.1. The molecule has 5 heteroatoms. The molecule has 0 aliphatic carbocycles. The van der Waals surface area contributed by atoms with Crippen LogP contribution in [0.3, 0.4) is 0 Å². The predicted octanol–water partition coefficient (Wildman–Crippen LogP) is 3.55. The lowest BCUT2D eigenvalue weighted by Crippen LogP contribution is -2.49. The Balaban J connectivity index is 1.50. The topological polar surface area (TPSA) is 45.2 Å². The third-order valence-electron chi connectivity index (χ3n) is 5.39. The van der Waals surface area contributed by atoms with Crippen molar-refractivity contribution in [3.05, 3.63) is 54.1 Å². The summed E-state index contributed by atoms with van der Waals surface area (Å²) in [5.41, 5.74) is 2.29. The zero-order valence-electron chi connectivity index (χ0n) is 18.1. The zero-order chi connectivity index (χ0) is 20.9. The minimum Gasteiger partial charge on any atom is -0.497 e. The number of rotatable bonds is 7. The van der Waals surface area contributed by atoms with Gasteiger partial charge in [-0.2, -0.15) is 0 Å². The minimum atomic E-state index is -0.520. The van der Waals surface area contributed by atoms with Crippen LogP contribution in [-0.4, -0.2) is 62.6 Å². The molecular weight excluding hydrogens is 364 g/mol. The van der Waals surface area contributed by atoms with Crippen LogP contribution in [0.25, 0.3) is 0 Å². The summed E-state index contributed by atoms with van der Waals surface area (Å²) >= 11 is 0. The maximum absolute atomic E-state index is 10.5. The summed E-state index contributed by atoms with van der Waals surface area (Å²) in [5, 5.41) is 10.5. The molecular formula is C24H34N2O3. The van der Waals surface area contributed by atoms with E-state index in [-0.39, 0.29) is 12.0 Å². The molecule has 3 rings (SSSR count). The Hall–Kier alpha value is -2.24. The molecule has 0 amide bonds. The molecule has 1 aliphatic rings. The van der Waals surface area contributed by atoms with Gasteiger partial charge in [0.1, 0.15) is 24.2 Å². The van der Waals surface area contributed by atoms with E-state index in [1.807, 2.05) is 24.3 Å². The molecule has 1 heterocycles. The molecule has 0 spiro atoms. The first-order valence-corrected chi connectivity index (χ1v) is 10.4. The van der Waals surface area contributed by atoms with Crippen LogP contribution < -0.4 is 14.4 Å². The third-order valence-corrected chi connectivity index (χ3v) is 5.39. The molecule has 1 atom stereocenters. The van der Waals surface area contributed by atoms with Gasteiger partial charge in [-0.1, -0.05) is 39.0 Å². The van der Waals surface area contributed by atoms with E-state index in [2.05, 4.69) is 54.8 Å². The smallest absolute Gasteiger partial charge is 0.123 e. The molecule has 1 N–H and O–H groups in total. The highest BCUT2D eigenvalue weighted by Crippen LogP contribution is 2.34. The van der Waals surface area contributed by atoms with Gasteiger partial charge < -0.3 is 19.5 Å². The van der Waals surface area contributed by atoms with Gasteiger partial charge in [-0.3, -0.25) is 4.90 Å². The number of nitrogens with zero attached hydrogens (tertiary/aromatic N) is 2. The van der Waals surface area contributed by atoms with Gasteiger partial charge in [0.25, 0.3) is 0 Å². The first-order chi connectivity index (χ1) is 13.9. The van der Waals surface area contributed by atoms with Crippen LogP contribution >= 0.6 is 0 Å². The Morgan fingerprint density at radius 3 is 2.31 bits per heavy atom. The van der Waals surface area contributed by atoms with Gasteiger partial charge in [0.15, 0.2) is 0 Å². The number of piperazine rings is 1. The summed E-state index contributed by atoms with van der Waals surface area (Å²) in [7, 11) is 1.67. The van der Waals surface area contributed by atoms with Crippen molar-refractivity contribution in [1.82, 2.24) is 4.90 Å². The second kappa shape index (κ2) is 9.51. The summed E-state index contributed by atoms with van der Waals surface area (Å²) < 4.78 is 11.4. The minimum absolute atomic E-state index is 0.0669. The number of aliphatic hydroxyl groups excluding tert-OH is 1. The SMILES string of the molecule is COc1ccc(OCC(O)CN2CCN(c3ccccc3)CC2)c(C(C)(C)C)c1. The molecule has 0 radical (unpaired) electrons. The Labute approximate surface area is 174 Å². The van der Waals surface area contributed by atoms with Crippen LogP contribution in [0.2, 0.25) is 0 Å². The van der Waals surface area contributed by atoms with Gasteiger partial charge in [0.05, 0.1) is 7.11 Å². The Morgan fingerprint density at radius 1 is 1.00 bits per heavy atom. The number of anilines is 1. The molecule has 0 saturated carbocycles. The first kappa shape index (κ1) is 21.5. The number of aliphatic hydroxyl groups is 1. The quantitative estimate of drug-likeness (QED) is 0.773. The summed E-state index contributed by atoms with van der Waals surface area (Å²) in [5.74, 6) is 1.63. The van der Waals surface area contributed by atoms with Gasteiger partial charge in [0.2, 0.25) is 0 Å². The van der Waals surface area contributed by atoms with Crippen molar-refractivity contribution in [1.29, 1.82) is 0 Å². The second-order valence-corrected chi connectivity index (χ2v) is 8.70. The molecule has 0 aromatic heterocycles. The molecule has 0 bridgehead atoms. The molecule has 2 aromatic rings. The Kier molecular flexibility index (Phi) is 7.04. The standard InChI is InChI=1S/C24H34N2O3/c1-24(2,3)22-16-21(28-4)10-11-23(22)29-18-20(27)17-25-12-14-26(15-13-25)19-8-6-5-7-9-19/h5-11,16,20,27H,12-15,17-18H2,1-4H3. The number of benzene rings is 2. The van der Waals surface area contributed by atoms with Gasteiger partial charge in [-0.25, -0.2) is 0 Å². The molecule has 1 fully saturated rings. The fourth-order valence-electron chi connectivity index (χ4n) is 3.71. The lowest BCUT2D eigenvalue weighted by atomic mass is 9.86. The monoisotopic (exact) mass is 398 g/mol. The van der Waals surface area contributed by atoms with Crippen molar-refractivity contribution in [2.24, 2.45) is 0 Å². The van der Waals surface area contributed by atoms with Crippen molar-refractivity contribution in [2.45, 2.75) is 32.3 Å². The number of methoxy groups -OCH3 is 1. The van der Waals surface area contributed by atoms with Crippen molar-refractivity contribution >= 4 is 5.69 Å². The highest BCUT2D eigenvalue weighted by molar-refractivity contribution is 5.46. The first-order valence-electron chi connectivity index (χ1n) is 10.4. The van der Waals surface area contributed by atoms with Crippen LogP contribution in [0.15, 0.2) is 48.5 Å². The predicted molar refractivity (Wildman–Crippen MR) is 118 cm³/mol. The van der Waals surface area contributed by atoms with Gasteiger partial charge in [0, 0.05) is 44.0 Å². The summed E-state index contributed by atoms with van der Waals surface area (Å²) in [4.78, 5) is 4.71. The van der Waals surface area contributed by atoms with Crippen LogP contribution in [0.5, 0.6) is 11.5 Å². The molecule has 1 saturated heterocycles. The highest BCUT2D eigenvalue weighted by Gasteiger charge is 2.22. The highest BCUT2D eigenvalue weighted by atomic mass is 16.5. The van der Waals surface area contributed by atoms with Crippen molar-refractivity contribution in [3.8, 4) is 11.5 Å². The van der Waals surface area contributed by atoms with Crippen LogP contribution in [0, 0.1) is 0 Å². The lowest BCUT2D eigenvalue weighted by molar-refractivity contribution is 0.0656. The largest absolute Gasteiger partial charge is 0.497 e. The van der Waals surface area contributed by atoms with E-state index in [0.29, 0.717) is 6.54 Å². The van der Waals surface area contributed by atoms with Gasteiger partial charge >= 0.3 is 0 Å². The van der Waals surface area contributed by atoms with E-state index in [0.717, 1.165) is 43.2 Å². The lowest BCUT2D eigenvalue weighted by Gasteiger charge is -2.36. The van der Waals surface area contributed by atoms with E-state index in [1.165, 1.54) is 5.69 Å². The molecule has 1 unspecified atom stereocenters. The summed E-state index contributed by atoms with van der Waals surface area (Å²) in [6, 6.07) is 16.4. The maximum Gasteiger partial charge on any atom is 0.123 e. The number of hydrogen-bond donors (Lipinski definition) is 1.